The van der Waals surface area contributed by atoms with Crippen LogP contribution < -0.4 is 14.4 Å². The number of methoxy groups -OCH3 is 2. The maximum Gasteiger partial charge on any atom is 0.301 e. The van der Waals surface area contributed by atoms with E-state index in [1.165, 1.54) is 50.6 Å². The minimum Gasteiger partial charge on any atom is -0.508 e. The summed E-state index contributed by atoms with van der Waals surface area (Å²) in [6, 6.07) is 10.8. The maximum absolute atomic E-state index is 14.4. The Labute approximate surface area is 212 Å². The molecule has 1 saturated heterocycles. The number of rotatable bonds is 5. The van der Waals surface area contributed by atoms with Crippen LogP contribution in [0.5, 0.6) is 17.2 Å². The summed E-state index contributed by atoms with van der Waals surface area (Å²) in [7, 11) is 2.83. The minimum atomic E-state index is -1.19. The van der Waals surface area contributed by atoms with E-state index in [9.17, 15) is 28.6 Å². The van der Waals surface area contributed by atoms with Gasteiger partial charge in [0.25, 0.3) is 5.78 Å². The van der Waals surface area contributed by atoms with Gasteiger partial charge in [-0.1, -0.05) is 23.5 Å². The van der Waals surface area contributed by atoms with Crippen molar-refractivity contribution in [2.45, 2.75) is 6.04 Å². The highest BCUT2D eigenvalue weighted by atomic mass is 32.1. The van der Waals surface area contributed by atoms with Crippen molar-refractivity contribution >= 4 is 44.1 Å². The van der Waals surface area contributed by atoms with Gasteiger partial charge in [-0.2, -0.15) is 0 Å². The molecule has 5 rings (SSSR count). The van der Waals surface area contributed by atoms with Gasteiger partial charge in [0.1, 0.15) is 34.3 Å². The minimum absolute atomic E-state index is 0.0601. The van der Waals surface area contributed by atoms with Gasteiger partial charge in [0.05, 0.1) is 36.1 Å². The fourth-order valence-corrected chi connectivity index (χ4v) is 5.22. The van der Waals surface area contributed by atoms with Crippen molar-refractivity contribution in [3.8, 4) is 17.2 Å². The van der Waals surface area contributed by atoms with E-state index in [4.69, 9.17) is 9.47 Å². The first kappa shape index (κ1) is 24.2. The molecule has 1 aromatic heterocycles. The predicted molar refractivity (Wildman–Crippen MR) is 132 cm³/mol. The highest BCUT2D eigenvalue weighted by Gasteiger charge is 2.48. The van der Waals surface area contributed by atoms with Crippen LogP contribution in [0.4, 0.5) is 13.9 Å². The summed E-state index contributed by atoms with van der Waals surface area (Å²) in [6.07, 6.45) is 0. The van der Waals surface area contributed by atoms with Gasteiger partial charge in [0, 0.05) is 12.1 Å². The van der Waals surface area contributed by atoms with E-state index in [0.29, 0.717) is 17.4 Å². The quantitative estimate of drug-likeness (QED) is 0.217. The van der Waals surface area contributed by atoms with Crippen LogP contribution in [0.15, 0.2) is 60.2 Å². The van der Waals surface area contributed by atoms with Crippen LogP contribution in [-0.2, 0) is 9.59 Å². The summed E-state index contributed by atoms with van der Waals surface area (Å²) in [5.74, 6) is -3.72. The molecule has 8 nitrogen and oxygen atoms in total. The van der Waals surface area contributed by atoms with Crippen LogP contribution in [0.3, 0.4) is 0 Å². The Morgan fingerprint density at radius 3 is 2.43 bits per heavy atom. The number of hydrogen-bond donors (Lipinski definition) is 2. The molecular weight excluding hydrogens is 506 g/mol. The van der Waals surface area contributed by atoms with Gasteiger partial charge in [0.2, 0.25) is 0 Å². The third-order valence-corrected chi connectivity index (χ3v) is 6.93. The first-order chi connectivity index (χ1) is 17.7. The first-order valence-corrected chi connectivity index (χ1v) is 11.6. The zero-order valence-corrected chi connectivity index (χ0v) is 20.2. The second-order valence-corrected chi connectivity index (χ2v) is 9.07. The van der Waals surface area contributed by atoms with Crippen LogP contribution in [0.2, 0.25) is 0 Å². The van der Waals surface area contributed by atoms with Crippen molar-refractivity contribution in [3.05, 3.63) is 82.9 Å². The van der Waals surface area contributed by atoms with E-state index in [-0.39, 0.29) is 38.0 Å². The Morgan fingerprint density at radius 2 is 1.76 bits per heavy atom. The Bertz CT molecular complexity index is 1600. The molecule has 37 heavy (non-hydrogen) atoms. The summed E-state index contributed by atoms with van der Waals surface area (Å²) < 4.78 is 38.9. The van der Waals surface area contributed by atoms with E-state index >= 15 is 0 Å². The second-order valence-electron chi connectivity index (χ2n) is 8.06. The van der Waals surface area contributed by atoms with E-state index in [1.807, 2.05) is 0 Å². The standard InChI is InChI=1S/C26H18F2N2O6S/c1-35-15-7-8-16(18(11-15)36-2)23(32)20-22(12-3-5-14(31)6-4-12)30(25(34)24(20)33)26-29-21-17(28)9-13(27)10-19(21)37-26/h3-11,22,31-32H,1-2H3/b23-20+. The molecule has 188 valence electrons. The summed E-state index contributed by atoms with van der Waals surface area (Å²) in [5.41, 5.74) is 0.0501. The molecule has 11 heteroatoms. The molecule has 1 fully saturated rings. The smallest absolute Gasteiger partial charge is 0.301 e. The number of thiazole rings is 1. The number of amides is 1. The van der Waals surface area contributed by atoms with E-state index < -0.39 is 35.1 Å². The molecule has 0 spiro atoms. The Balaban J connectivity index is 1.75. The first-order valence-electron chi connectivity index (χ1n) is 10.8. The fraction of sp³-hybridized carbons (Fsp3) is 0.115. The molecule has 2 N–H and O–H groups in total. The molecule has 1 unspecified atom stereocenters. The molecule has 0 radical (unpaired) electrons. The van der Waals surface area contributed by atoms with Gasteiger partial charge >= 0.3 is 5.91 Å². The van der Waals surface area contributed by atoms with E-state index in [0.717, 1.165) is 22.3 Å². The highest BCUT2D eigenvalue weighted by molar-refractivity contribution is 7.22. The number of Topliss-reactive ketones (excluding diaryl/α,β-unsaturated/α-hetero) is 1. The van der Waals surface area contributed by atoms with Gasteiger partial charge in [-0.05, 0) is 35.9 Å². The monoisotopic (exact) mass is 524 g/mol. The number of fused-ring (bicyclic) bond motifs is 1. The summed E-state index contributed by atoms with van der Waals surface area (Å²) in [4.78, 5) is 31.8. The number of benzene rings is 3. The lowest BCUT2D eigenvalue weighted by Crippen LogP contribution is -2.29. The molecule has 0 aliphatic carbocycles. The number of anilines is 1. The lowest BCUT2D eigenvalue weighted by Gasteiger charge is -2.23. The van der Waals surface area contributed by atoms with Crippen LogP contribution >= 0.6 is 11.3 Å². The molecule has 1 amide bonds. The number of phenols is 1. The van der Waals surface area contributed by atoms with Gasteiger partial charge < -0.3 is 19.7 Å². The lowest BCUT2D eigenvalue weighted by molar-refractivity contribution is -0.132. The van der Waals surface area contributed by atoms with E-state index in [1.54, 1.807) is 6.07 Å². The molecule has 3 aromatic carbocycles. The number of aliphatic hydroxyl groups is 1. The van der Waals surface area contributed by atoms with Gasteiger partial charge in [-0.3, -0.25) is 14.5 Å². The van der Waals surface area contributed by atoms with Crippen molar-refractivity contribution in [1.82, 2.24) is 4.98 Å². The van der Waals surface area contributed by atoms with Crippen LogP contribution in [0.1, 0.15) is 17.2 Å². The number of halogens is 2. The van der Waals surface area contributed by atoms with Crippen LogP contribution in [0.25, 0.3) is 16.0 Å². The number of phenolic OH excluding ortho intramolecular Hbond substituents is 1. The predicted octanol–water partition coefficient (Wildman–Crippen LogP) is 4.92. The van der Waals surface area contributed by atoms with Crippen molar-refractivity contribution in [2.24, 2.45) is 0 Å². The maximum atomic E-state index is 14.4. The van der Waals surface area contributed by atoms with Crippen molar-refractivity contribution < 1.29 is 38.1 Å². The number of carbonyl (C=O) groups excluding carboxylic acids is 2. The van der Waals surface area contributed by atoms with E-state index in [2.05, 4.69) is 4.98 Å². The molecule has 1 atom stereocenters. The number of aromatic hydroxyl groups is 1. The Morgan fingerprint density at radius 1 is 1.03 bits per heavy atom. The van der Waals surface area contributed by atoms with Crippen molar-refractivity contribution in [1.29, 1.82) is 0 Å². The summed E-state index contributed by atoms with van der Waals surface area (Å²) in [5, 5.41) is 21.1. The molecule has 1 aliphatic heterocycles. The molecule has 2 heterocycles. The summed E-state index contributed by atoms with van der Waals surface area (Å²) >= 11 is 0.819. The average Bonchev–Trinajstić information content (AvgIpc) is 3.42. The zero-order chi connectivity index (χ0) is 26.4. The fourth-order valence-electron chi connectivity index (χ4n) is 4.19. The number of carbonyl (C=O) groups is 2. The van der Waals surface area contributed by atoms with Crippen molar-refractivity contribution in [3.63, 3.8) is 0 Å². The third kappa shape index (κ3) is 4.02. The lowest BCUT2D eigenvalue weighted by atomic mass is 9.95. The zero-order valence-electron chi connectivity index (χ0n) is 19.4. The third-order valence-electron chi connectivity index (χ3n) is 5.93. The number of aromatic nitrogens is 1. The summed E-state index contributed by atoms with van der Waals surface area (Å²) in [6.45, 7) is 0. The van der Waals surface area contributed by atoms with Crippen molar-refractivity contribution in [2.75, 3.05) is 19.1 Å². The number of hydrogen-bond acceptors (Lipinski definition) is 8. The second kappa shape index (κ2) is 9.17. The molecular formula is C26H18F2N2O6S. The molecule has 1 aliphatic rings. The normalized spacial score (nSPS) is 17.0. The molecule has 0 saturated carbocycles. The average molecular weight is 525 g/mol. The number of aliphatic hydroxyl groups excluding tert-OH is 1. The Hall–Kier alpha value is -4.51. The van der Waals surface area contributed by atoms with Crippen LogP contribution in [-0.4, -0.2) is 41.1 Å². The molecule has 4 aromatic rings. The topological polar surface area (TPSA) is 109 Å². The number of ether oxygens (including phenoxy) is 2. The number of ketones is 1. The Kier molecular flexibility index (Phi) is 6.00. The van der Waals surface area contributed by atoms with Gasteiger partial charge in [0.15, 0.2) is 10.9 Å². The SMILES string of the molecule is COc1ccc(/C(O)=C2\C(=O)C(=O)N(c3nc4c(F)cc(F)cc4s3)C2c2ccc(O)cc2)c(OC)c1. The highest BCUT2D eigenvalue weighted by Crippen LogP contribution is 2.45. The molecule has 0 bridgehead atoms. The largest absolute Gasteiger partial charge is 0.508 e. The van der Waals surface area contributed by atoms with Gasteiger partial charge in [-0.15, -0.1) is 0 Å². The van der Waals surface area contributed by atoms with Crippen LogP contribution in [0, 0.1) is 11.6 Å². The number of nitrogens with zero attached hydrogens (tertiary/aromatic N) is 2. The van der Waals surface area contributed by atoms with Gasteiger partial charge in [-0.25, -0.2) is 13.8 Å².